The van der Waals surface area contributed by atoms with Crippen molar-refractivity contribution in [1.29, 1.82) is 0 Å². The molecule has 0 aliphatic heterocycles. The maximum absolute atomic E-state index is 13.0. The lowest BCUT2D eigenvalue weighted by Gasteiger charge is -2.28. The van der Waals surface area contributed by atoms with Crippen LogP contribution in [0.15, 0.2) is 54.6 Å². The molecule has 0 spiro atoms. The normalized spacial score (nSPS) is 11.2. The molecule has 2 aromatic carbocycles. The summed E-state index contributed by atoms with van der Waals surface area (Å²) in [6, 6.07) is 12.5. The first-order chi connectivity index (χ1) is 12.8. The Balaban J connectivity index is 0.000000362. The van der Waals surface area contributed by atoms with E-state index < -0.39 is 49.7 Å². The van der Waals surface area contributed by atoms with Gasteiger partial charge in [-0.1, -0.05) is 53.5 Å². The van der Waals surface area contributed by atoms with E-state index in [0.717, 1.165) is 12.1 Å². The molecule has 152 valence electrons. The van der Waals surface area contributed by atoms with Crippen LogP contribution in [0.1, 0.15) is 20.7 Å². The largest absolute Gasteiger partial charge is 0.495 e. The number of hydrogen-bond donors (Lipinski definition) is 2. The number of hydrogen-bond acceptors (Lipinski definition) is 4. The summed E-state index contributed by atoms with van der Waals surface area (Å²) in [5.41, 5.74) is -1.11. The highest BCUT2D eigenvalue weighted by Gasteiger charge is 2.45. The van der Waals surface area contributed by atoms with Gasteiger partial charge in [0, 0.05) is 11.9 Å². The lowest BCUT2D eigenvalue weighted by Crippen LogP contribution is -2.35. The molecule has 0 bridgehead atoms. The number of alkyl halides is 6. The number of carboxylic acid groups (broad SMARTS) is 2. The summed E-state index contributed by atoms with van der Waals surface area (Å²) in [5.74, 6) is -2.48. The van der Waals surface area contributed by atoms with E-state index in [2.05, 4.69) is 0 Å². The van der Waals surface area contributed by atoms with Crippen LogP contribution in [-0.4, -0.2) is 32.4 Å². The third-order valence-electron chi connectivity index (χ3n) is 2.80. The molecule has 0 aromatic heterocycles. The first-order valence-electron chi connectivity index (χ1n) is 7.06. The van der Waals surface area contributed by atoms with Crippen LogP contribution >= 0.6 is 35.1 Å². The highest BCUT2D eigenvalue weighted by Crippen LogP contribution is 2.46. The zero-order valence-corrected chi connectivity index (χ0v) is 15.9. The fraction of sp³-hybridized carbons (Fsp3) is 0.125. The van der Waals surface area contributed by atoms with Crippen molar-refractivity contribution in [3.8, 4) is 0 Å². The van der Waals surface area contributed by atoms with Crippen molar-refractivity contribution < 1.29 is 37.4 Å². The lowest BCUT2D eigenvalue weighted by atomic mass is 10.2. The first kappa shape index (κ1) is 23.9. The minimum Gasteiger partial charge on any atom is -0.478 e. The Morgan fingerprint density at radius 2 is 1.36 bits per heavy atom. The van der Waals surface area contributed by atoms with Gasteiger partial charge in [-0.15, -0.1) is 13.2 Å². The van der Waals surface area contributed by atoms with Crippen LogP contribution in [0.4, 0.5) is 23.2 Å². The Kier molecular flexibility index (Phi) is 8.40. The third kappa shape index (κ3) is 7.83. The minimum absolute atomic E-state index is 0.331. The molecule has 0 radical (unpaired) electrons. The van der Waals surface area contributed by atoms with Crippen molar-refractivity contribution in [3.63, 3.8) is 0 Å². The molecule has 0 fully saturated rings. The molecule has 0 aliphatic rings. The van der Waals surface area contributed by atoms with Gasteiger partial charge in [0.25, 0.3) is 0 Å². The standard InChI is InChI=1S/C9H5Cl2F4NO2S.C7H6O2/c10-8(11,12)19-16(9(13,14)15)6-4-2-1-3-5(6)7(17)18;8-7(9)6-4-2-1-3-5-6/h1-4H,(H,17,18);1-5H,(H,8,9). The van der Waals surface area contributed by atoms with E-state index in [-0.39, 0.29) is 0 Å². The number of benzene rings is 2. The van der Waals surface area contributed by atoms with Crippen molar-refractivity contribution in [1.82, 2.24) is 0 Å². The summed E-state index contributed by atoms with van der Waals surface area (Å²) in [7, 11) is 0. The number of para-hydroxylation sites is 1. The van der Waals surface area contributed by atoms with Gasteiger partial charge in [0.15, 0.2) is 0 Å². The molecular weight excluding hydrogens is 449 g/mol. The number of anilines is 1. The molecule has 2 aromatic rings. The number of aromatic carboxylic acids is 2. The average Bonchev–Trinajstić information content (AvgIpc) is 2.59. The molecule has 28 heavy (non-hydrogen) atoms. The second-order valence-corrected chi connectivity index (χ2v) is 7.59. The van der Waals surface area contributed by atoms with E-state index in [4.69, 9.17) is 33.4 Å². The maximum Gasteiger partial charge on any atom is 0.495 e. The van der Waals surface area contributed by atoms with E-state index in [1.165, 1.54) is 12.1 Å². The summed E-state index contributed by atoms with van der Waals surface area (Å²) < 4.78 is 47.6. The van der Waals surface area contributed by atoms with Crippen molar-refractivity contribution in [2.75, 3.05) is 4.31 Å². The molecule has 0 saturated carbocycles. The van der Waals surface area contributed by atoms with Crippen molar-refractivity contribution in [2.45, 2.75) is 10.2 Å². The van der Waals surface area contributed by atoms with E-state index in [9.17, 15) is 27.2 Å². The van der Waals surface area contributed by atoms with Crippen LogP contribution in [0, 0.1) is 0 Å². The maximum atomic E-state index is 13.0. The Hall–Kier alpha value is -2.17. The summed E-state index contributed by atoms with van der Waals surface area (Å²) in [6.45, 7) is 0. The topological polar surface area (TPSA) is 77.8 Å². The van der Waals surface area contributed by atoms with Crippen LogP contribution in [0.2, 0.25) is 0 Å². The molecular formula is C16H11Cl2F4NO4S. The van der Waals surface area contributed by atoms with Crippen molar-refractivity contribution >= 4 is 52.8 Å². The Labute approximate surface area is 170 Å². The Morgan fingerprint density at radius 1 is 0.857 bits per heavy atom. The van der Waals surface area contributed by atoms with Crippen LogP contribution in [0.3, 0.4) is 0 Å². The van der Waals surface area contributed by atoms with Gasteiger partial charge in [0.1, 0.15) is 0 Å². The van der Waals surface area contributed by atoms with Gasteiger partial charge in [0.05, 0.1) is 16.8 Å². The number of carboxylic acids is 2. The van der Waals surface area contributed by atoms with Crippen LogP contribution in [0.5, 0.6) is 0 Å². The monoisotopic (exact) mass is 459 g/mol. The summed E-state index contributed by atoms with van der Waals surface area (Å²) in [5, 5.41) is 17.2. The van der Waals surface area contributed by atoms with Crippen LogP contribution in [0.25, 0.3) is 0 Å². The molecule has 0 aliphatic carbocycles. The fourth-order valence-corrected chi connectivity index (χ4v) is 2.74. The molecule has 0 amide bonds. The minimum atomic E-state index is -5.07. The highest BCUT2D eigenvalue weighted by atomic mass is 35.5. The molecule has 0 heterocycles. The van der Waals surface area contributed by atoms with E-state index >= 15 is 0 Å². The zero-order chi connectivity index (χ0) is 21.5. The lowest BCUT2D eigenvalue weighted by molar-refractivity contribution is -0.114. The van der Waals surface area contributed by atoms with E-state index in [1.807, 2.05) is 0 Å². The summed E-state index contributed by atoms with van der Waals surface area (Å²) in [4.78, 5) is 21.1. The first-order valence-corrected chi connectivity index (χ1v) is 8.59. The second-order valence-electron chi connectivity index (χ2n) is 4.79. The SMILES string of the molecule is O=C(O)c1ccccc1.O=C(O)c1ccccc1N(SC(F)(Cl)Cl)C(F)(F)F. The van der Waals surface area contributed by atoms with Gasteiger partial charge in [-0.3, -0.25) is 0 Å². The molecule has 12 heteroatoms. The average molecular weight is 460 g/mol. The third-order valence-corrected chi connectivity index (χ3v) is 4.01. The van der Waals surface area contributed by atoms with Crippen molar-refractivity contribution in [3.05, 3.63) is 65.7 Å². The van der Waals surface area contributed by atoms with Crippen LogP contribution in [-0.2, 0) is 0 Å². The summed E-state index contributed by atoms with van der Waals surface area (Å²) in [6.07, 6.45) is -5.07. The van der Waals surface area contributed by atoms with Gasteiger partial charge in [0.2, 0.25) is 0 Å². The predicted molar refractivity (Wildman–Crippen MR) is 98.5 cm³/mol. The Bertz CT molecular complexity index is 816. The molecule has 5 nitrogen and oxygen atoms in total. The van der Waals surface area contributed by atoms with Crippen LogP contribution < -0.4 is 4.31 Å². The van der Waals surface area contributed by atoms with Gasteiger partial charge in [-0.25, -0.2) is 13.9 Å². The molecule has 2 N–H and O–H groups in total. The molecule has 0 unspecified atom stereocenters. The number of rotatable bonds is 5. The second kappa shape index (κ2) is 9.85. The fourth-order valence-electron chi connectivity index (χ4n) is 1.75. The van der Waals surface area contributed by atoms with Gasteiger partial charge < -0.3 is 10.2 Å². The number of halogens is 6. The van der Waals surface area contributed by atoms with Gasteiger partial charge >= 0.3 is 22.2 Å². The van der Waals surface area contributed by atoms with E-state index in [1.54, 1.807) is 30.3 Å². The molecule has 0 saturated heterocycles. The predicted octanol–water partition coefficient (Wildman–Crippen LogP) is 5.80. The van der Waals surface area contributed by atoms with Gasteiger partial charge in [-0.2, -0.15) is 4.39 Å². The summed E-state index contributed by atoms with van der Waals surface area (Å²) >= 11 is 9.18. The van der Waals surface area contributed by atoms with Gasteiger partial charge in [-0.05, 0) is 24.3 Å². The molecule has 2 rings (SSSR count). The molecule has 0 atom stereocenters. The Morgan fingerprint density at radius 3 is 1.75 bits per heavy atom. The number of carbonyl (C=O) groups is 2. The number of nitrogens with zero attached hydrogens (tertiary/aromatic N) is 1. The zero-order valence-electron chi connectivity index (χ0n) is 13.5. The van der Waals surface area contributed by atoms with E-state index in [0.29, 0.717) is 5.56 Å². The quantitative estimate of drug-likeness (QED) is 0.254. The smallest absolute Gasteiger partial charge is 0.478 e. The highest BCUT2D eigenvalue weighted by molar-refractivity contribution is 8.04. The van der Waals surface area contributed by atoms with Crippen molar-refractivity contribution in [2.24, 2.45) is 0 Å².